The van der Waals surface area contributed by atoms with Crippen molar-refractivity contribution in [2.75, 3.05) is 6.61 Å². The number of carbonyl (C=O) groups excluding carboxylic acids is 2. The van der Waals surface area contributed by atoms with Crippen molar-refractivity contribution in [2.45, 2.75) is 70.3 Å². The van der Waals surface area contributed by atoms with E-state index in [0.29, 0.717) is 0 Å². The molecule has 0 saturated carbocycles. The predicted molar refractivity (Wildman–Crippen MR) is 279 cm³/mol. The third-order valence-corrected chi connectivity index (χ3v) is 12.8. The first-order valence-corrected chi connectivity index (χ1v) is 24.8. The maximum atomic E-state index is 15.5. The highest BCUT2D eigenvalue weighted by Gasteiger charge is 2.48. The van der Waals surface area contributed by atoms with Crippen molar-refractivity contribution in [1.82, 2.24) is 0 Å². The van der Waals surface area contributed by atoms with Crippen LogP contribution >= 0.6 is 0 Å². The van der Waals surface area contributed by atoms with Gasteiger partial charge in [-0.2, -0.15) is 0 Å². The summed E-state index contributed by atoms with van der Waals surface area (Å²) in [5.74, 6) is -2.19. The van der Waals surface area contributed by atoms with E-state index in [1.165, 1.54) is 12.1 Å². The van der Waals surface area contributed by atoms with Crippen LogP contribution in [-0.4, -0.2) is 64.6 Å². The molecule has 8 aromatic carbocycles. The summed E-state index contributed by atoms with van der Waals surface area (Å²) in [6, 6.07) is 59.0. The Bertz CT molecular complexity index is 3200. The van der Waals surface area contributed by atoms with Crippen LogP contribution in [-0.2, 0) is 53.9 Å². The summed E-state index contributed by atoms with van der Waals surface area (Å²) in [5.41, 5.74) is 3.89. The lowest BCUT2D eigenvalue weighted by molar-refractivity contribution is -0.285. The zero-order valence-corrected chi connectivity index (χ0v) is 41.1. The van der Waals surface area contributed by atoms with E-state index in [-0.39, 0.29) is 96.4 Å². The van der Waals surface area contributed by atoms with Crippen molar-refractivity contribution in [2.24, 2.45) is 0 Å². The Kier molecular flexibility index (Phi) is 16.1. The Labute approximate surface area is 439 Å². The molecular weight excluding hydrogens is 969 g/mol. The SMILES string of the molecule is O=C1OC[C@H]2OC(O)[C@H](OC(=O)c3cc(OCc4ccccc4)c(OCc4ccccc4)c(OCc4ccccc4)c3-c3c1cc(OCc1ccccc1)c(OCc1ccccc1)c3OCc1ccccc1)[C@@H](O)[C@@H]2O. The average molecular weight is 1020 g/mol. The van der Waals surface area contributed by atoms with Crippen LogP contribution in [0.2, 0.25) is 0 Å². The molecule has 3 aliphatic heterocycles. The molecule has 0 aromatic heterocycles. The quantitative estimate of drug-likeness (QED) is 0.0692. The van der Waals surface area contributed by atoms with E-state index in [9.17, 15) is 15.3 Å². The summed E-state index contributed by atoms with van der Waals surface area (Å²) in [4.78, 5) is 30.8. The molecule has 0 aliphatic carbocycles. The molecule has 8 aromatic rings. The molecule has 5 atom stereocenters. The lowest BCUT2D eigenvalue weighted by Crippen LogP contribution is -2.60. The number of fused-ring (bicyclic) bond motifs is 5. The molecule has 386 valence electrons. The zero-order chi connectivity index (χ0) is 52.2. The molecule has 0 radical (unpaired) electrons. The largest absolute Gasteiger partial charge is 0.485 e. The molecule has 11 rings (SSSR count). The molecule has 3 aliphatic rings. The zero-order valence-electron chi connectivity index (χ0n) is 41.1. The number of rotatable bonds is 18. The molecule has 0 spiro atoms. The third-order valence-electron chi connectivity index (χ3n) is 12.8. The molecule has 14 heteroatoms. The van der Waals surface area contributed by atoms with Crippen molar-refractivity contribution < 1.29 is 67.5 Å². The first kappa shape index (κ1) is 50.9. The summed E-state index contributed by atoms with van der Waals surface area (Å²) in [6.07, 6.45) is -8.98. The van der Waals surface area contributed by atoms with Crippen LogP contribution in [0.1, 0.15) is 54.1 Å². The number of benzene rings is 8. The summed E-state index contributed by atoms with van der Waals surface area (Å²) >= 11 is 0. The third kappa shape index (κ3) is 12.0. The van der Waals surface area contributed by atoms with Gasteiger partial charge in [-0.1, -0.05) is 182 Å². The van der Waals surface area contributed by atoms with E-state index in [1.807, 2.05) is 182 Å². The van der Waals surface area contributed by atoms with E-state index in [1.54, 1.807) is 0 Å². The van der Waals surface area contributed by atoms with Crippen molar-refractivity contribution in [3.05, 3.63) is 239 Å². The Balaban J connectivity index is 1.29. The van der Waals surface area contributed by atoms with Crippen molar-refractivity contribution in [1.29, 1.82) is 0 Å². The van der Waals surface area contributed by atoms with Gasteiger partial charge in [0.25, 0.3) is 0 Å². The van der Waals surface area contributed by atoms with Crippen molar-refractivity contribution in [3.8, 4) is 45.6 Å². The van der Waals surface area contributed by atoms with E-state index < -0.39 is 49.3 Å². The summed E-state index contributed by atoms with van der Waals surface area (Å²) in [5, 5.41) is 34.3. The van der Waals surface area contributed by atoms with Gasteiger partial charge in [0, 0.05) is 11.1 Å². The second-order valence-electron chi connectivity index (χ2n) is 18.1. The number of aliphatic hydroxyl groups is 3. The lowest BCUT2D eigenvalue weighted by atomic mass is 9.91. The first-order chi connectivity index (χ1) is 37.3. The van der Waals surface area contributed by atoms with Gasteiger partial charge in [0.2, 0.25) is 11.5 Å². The van der Waals surface area contributed by atoms with E-state index in [2.05, 4.69) is 0 Å². The number of esters is 2. The minimum atomic E-state index is -1.98. The highest BCUT2D eigenvalue weighted by Crippen LogP contribution is 2.56. The van der Waals surface area contributed by atoms with E-state index >= 15 is 9.59 Å². The Hall–Kier alpha value is -8.66. The highest BCUT2D eigenvalue weighted by atomic mass is 16.7. The lowest BCUT2D eigenvalue weighted by Gasteiger charge is -2.39. The smallest absolute Gasteiger partial charge is 0.339 e. The van der Waals surface area contributed by atoms with Gasteiger partial charge < -0.3 is 58.0 Å². The van der Waals surface area contributed by atoms with Crippen LogP contribution in [0.4, 0.5) is 0 Å². The predicted octanol–water partition coefficient (Wildman–Crippen LogP) is 9.96. The summed E-state index contributed by atoms with van der Waals surface area (Å²) < 4.78 is 58.7. The molecule has 14 nitrogen and oxygen atoms in total. The maximum absolute atomic E-state index is 15.5. The number of hydrogen-bond donors (Lipinski definition) is 3. The van der Waals surface area contributed by atoms with Gasteiger partial charge in [-0.15, -0.1) is 0 Å². The van der Waals surface area contributed by atoms with Crippen molar-refractivity contribution >= 4 is 11.9 Å². The van der Waals surface area contributed by atoms with Crippen LogP contribution in [0.5, 0.6) is 34.5 Å². The van der Waals surface area contributed by atoms with Crippen LogP contribution in [0.15, 0.2) is 194 Å². The van der Waals surface area contributed by atoms with Crippen molar-refractivity contribution in [3.63, 3.8) is 0 Å². The van der Waals surface area contributed by atoms with Crippen LogP contribution in [0.3, 0.4) is 0 Å². The minimum absolute atomic E-state index is 0.00814. The van der Waals surface area contributed by atoms with Gasteiger partial charge in [0.1, 0.15) is 64.6 Å². The van der Waals surface area contributed by atoms with Gasteiger partial charge in [-0.25, -0.2) is 9.59 Å². The fraction of sp³-hybridized carbons (Fsp3) is 0.194. The van der Waals surface area contributed by atoms with E-state index in [0.717, 1.165) is 33.4 Å². The Morgan fingerprint density at radius 1 is 0.395 bits per heavy atom. The summed E-state index contributed by atoms with van der Waals surface area (Å²) in [6.45, 7) is -0.886. The topological polar surface area (TPSA) is 178 Å². The van der Waals surface area contributed by atoms with Gasteiger partial charge in [-0.05, 0) is 45.5 Å². The maximum Gasteiger partial charge on any atom is 0.339 e. The average Bonchev–Trinajstić information content (AvgIpc) is 3.50. The highest BCUT2D eigenvalue weighted by molar-refractivity contribution is 6.08. The fourth-order valence-corrected chi connectivity index (χ4v) is 8.81. The van der Waals surface area contributed by atoms with Gasteiger partial charge in [0.15, 0.2) is 35.4 Å². The minimum Gasteiger partial charge on any atom is -0.485 e. The van der Waals surface area contributed by atoms with Crippen LogP contribution in [0.25, 0.3) is 11.1 Å². The number of hydrogen-bond acceptors (Lipinski definition) is 14. The number of ether oxygens (including phenoxy) is 9. The van der Waals surface area contributed by atoms with E-state index in [4.69, 9.17) is 42.6 Å². The molecule has 3 N–H and O–H groups in total. The molecule has 1 unspecified atom stereocenters. The molecule has 0 amide bonds. The second kappa shape index (κ2) is 24.1. The monoisotopic (exact) mass is 1020 g/mol. The van der Waals surface area contributed by atoms with Crippen LogP contribution in [0, 0.1) is 0 Å². The molecular formula is C62H54O14. The molecule has 76 heavy (non-hydrogen) atoms. The molecule has 1 saturated heterocycles. The van der Waals surface area contributed by atoms with Gasteiger partial charge >= 0.3 is 11.9 Å². The molecule has 2 bridgehead atoms. The first-order valence-electron chi connectivity index (χ1n) is 24.8. The van der Waals surface area contributed by atoms with Crippen LogP contribution < -0.4 is 28.4 Å². The number of carbonyl (C=O) groups is 2. The van der Waals surface area contributed by atoms with Gasteiger partial charge in [0.05, 0.1) is 11.1 Å². The molecule has 3 heterocycles. The Morgan fingerprint density at radius 3 is 1.07 bits per heavy atom. The number of aliphatic hydroxyl groups excluding tert-OH is 3. The summed E-state index contributed by atoms with van der Waals surface area (Å²) in [7, 11) is 0. The fourth-order valence-electron chi connectivity index (χ4n) is 8.81. The molecule has 1 fully saturated rings. The normalized spacial score (nSPS) is 18.0. The van der Waals surface area contributed by atoms with Gasteiger partial charge in [-0.3, -0.25) is 0 Å². The second-order valence-corrected chi connectivity index (χ2v) is 18.1. The standard InChI is InChI=1S/C62H54O14/c63-53-50-39-74-60(65)46-31-48(68-33-40-19-7-1-8-20-40)55(70-35-42-23-11-3-12-24-42)57(72-37-44-27-15-5-16-28-44)51(46)52-47(61(66)76-59(54(53)64)62(67)75-50)32-49(69-34-41-21-9-2-10-22-41)56(71-36-43-25-13-4-14-26-43)58(52)73-38-45-29-17-6-18-30-45/h1-32,50,53-54,59,62-64,67H,33-39H2/t50-,53-,54+,59-,62?/m1/s1. The Morgan fingerprint density at radius 2 is 0.711 bits per heavy atom.